The molecule has 0 radical (unpaired) electrons. The summed E-state index contributed by atoms with van der Waals surface area (Å²) in [7, 11) is 2.06. The van der Waals surface area contributed by atoms with E-state index in [1.165, 1.54) is 25.5 Å². The molecular formula is C17H28FN3. The van der Waals surface area contributed by atoms with Crippen LogP contribution in [0.2, 0.25) is 0 Å². The lowest BCUT2D eigenvalue weighted by Gasteiger charge is -2.30. The van der Waals surface area contributed by atoms with E-state index in [0.717, 1.165) is 24.3 Å². The number of nitrogens with zero attached hydrogens (tertiary/aromatic N) is 2. The number of hydrogen-bond donors (Lipinski definition) is 1. The summed E-state index contributed by atoms with van der Waals surface area (Å²) in [6.07, 6.45) is 3.08. The van der Waals surface area contributed by atoms with Crippen LogP contribution in [-0.2, 0) is 6.42 Å². The summed E-state index contributed by atoms with van der Waals surface area (Å²) in [5.41, 5.74) is 7.60. The van der Waals surface area contributed by atoms with Crippen LogP contribution in [0.4, 0.5) is 10.1 Å². The average Bonchev–Trinajstić information content (AvgIpc) is 2.87. The summed E-state index contributed by atoms with van der Waals surface area (Å²) in [5, 5.41) is 0. The van der Waals surface area contributed by atoms with E-state index in [4.69, 9.17) is 5.73 Å². The number of rotatable bonds is 6. The molecule has 0 aliphatic carbocycles. The lowest BCUT2D eigenvalue weighted by molar-refractivity contribution is 0.270. The molecule has 118 valence electrons. The minimum atomic E-state index is -0.143. The molecule has 1 saturated heterocycles. The molecular weight excluding hydrogens is 265 g/mol. The largest absolute Gasteiger partial charge is 0.373 e. The van der Waals surface area contributed by atoms with Gasteiger partial charge in [-0.25, -0.2) is 4.39 Å². The fourth-order valence-corrected chi connectivity index (χ4v) is 3.36. The van der Waals surface area contributed by atoms with E-state index in [1.807, 2.05) is 13.0 Å². The van der Waals surface area contributed by atoms with Crippen LogP contribution < -0.4 is 10.6 Å². The smallest absolute Gasteiger partial charge is 0.128 e. The van der Waals surface area contributed by atoms with Crippen molar-refractivity contribution >= 4 is 5.69 Å². The summed E-state index contributed by atoms with van der Waals surface area (Å²) >= 11 is 0. The van der Waals surface area contributed by atoms with E-state index < -0.39 is 0 Å². The van der Waals surface area contributed by atoms with Crippen molar-refractivity contribution < 1.29 is 4.39 Å². The Kier molecular flexibility index (Phi) is 5.59. The monoisotopic (exact) mass is 293 g/mol. The van der Waals surface area contributed by atoms with Crippen molar-refractivity contribution in [1.29, 1.82) is 0 Å². The lowest BCUT2D eigenvalue weighted by atomic mass is 10.0. The van der Waals surface area contributed by atoms with E-state index in [2.05, 4.69) is 23.8 Å². The van der Waals surface area contributed by atoms with Crippen LogP contribution in [0, 0.1) is 5.82 Å². The Balaban J connectivity index is 2.15. The molecule has 2 N–H and O–H groups in total. The molecule has 2 unspecified atom stereocenters. The molecule has 2 rings (SSSR count). The summed E-state index contributed by atoms with van der Waals surface area (Å²) < 4.78 is 14.1. The highest BCUT2D eigenvalue weighted by atomic mass is 19.1. The number of anilines is 1. The standard InChI is InChI=1S/C17H28FN3/c1-4-21-10-6-7-14(21)12-20(3)17-9-5-8-16(18)15(17)11-13(2)19/h5,8-9,13-14H,4,6-7,10-12,19H2,1-3H3. The quantitative estimate of drug-likeness (QED) is 0.875. The molecule has 1 aromatic carbocycles. The van der Waals surface area contributed by atoms with Gasteiger partial charge in [0.1, 0.15) is 5.82 Å². The molecule has 0 saturated carbocycles. The molecule has 1 aromatic rings. The second kappa shape index (κ2) is 7.23. The molecule has 1 aliphatic heterocycles. The Morgan fingerprint density at radius 1 is 1.48 bits per heavy atom. The van der Waals surface area contributed by atoms with Gasteiger partial charge >= 0.3 is 0 Å². The van der Waals surface area contributed by atoms with Gasteiger partial charge in [-0.3, -0.25) is 4.90 Å². The van der Waals surface area contributed by atoms with Crippen LogP contribution >= 0.6 is 0 Å². The zero-order valence-electron chi connectivity index (χ0n) is 13.5. The number of halogens is 1. The van der Waals surface area contributed by atoms with Crippen molar-refractivity contribution in [3.63, 3.8) is 0 Å². The first-order valence-electron chi connectivity index (χ1n) is 8.01. The third-order valence-electron chi connectivity index (χ3n) is 4.42. The maximum absolute atomic E-state index is 14.1. The van der Waals surface area contributed by atoms with Gasteiger partial charge in [0.25, 0.3) is 0 Å². The fourth-order valence-electron chi connectivity index (χ4n) is 3.36. The van der Waals surface area contributed by atoms with E-state index >= 15 is 0 Å². The zero-order chi connectivity index (χ0) is 15.4. The first-order chi connectivity index (χ1) is 10.0. The predicted molar refractivity (Wildman–Crippen MR) is 87.3 cm³/mol. The molecule has 1 aliphatic rings. The van der Waals surface area contributed by atoms with Crippen molar-refractivity contribution in [2.75, 3.05) is 31.6 Å². The van der Waals surface area contributed by atoms with Gasteiger partial charge in [0.15, 0.2) is 0 Å². The Labute approximate surface area is 127 Å². The number of nitrogens with two attached hydrogens (primary N) is 1. The van der Waals surface area contributed by atoms with Gasteiger partial charge in [-0.2, -0.15) is 0 Å². The number of hydrogen-bond acceptors (Lipinski definition) is 3. The number of likely N-dealkylation sites (N-methyl/N-ethyl adjacent to an activating group) is 2. The van der Waals surface area contributed by atoms with Gasteiger partial charge in [0.2, 0.25) is 0 Å². The molecule has 2 atom stereocenters. The third kappa shape index (κ3) is 3.95. The van der Waals surface area contributed by atoms with Gasteiger partial charge in [-0.15, -0.1) is 0 Å². The second-order valence-corrected chi connectivity index (χ2v) is 6.22. The minimum Gasteiger partial charge on any atom is -0.373 e. The molecule has 0 amide bonds. The maximum atomic E-state index is 14.1. The molecule has 1 fully saturated rings. The van der Waals surface area contributed by atoms with Crippen LogP contribution in [-0.4, -0.2) is 43.7 Å². The van der Waals surface area contributed by atoms with Gasteiger partial charge < -0.3 is 10.6 Å². The topological polar surface area (TPSA) is 32.5 Å². The molecule has 21 heavy (non-hydrogen) atoms. The van der Waals surface area contributed by atoms with Gasteiger partial charge in [-0.1, -0.05) is 13.0 Å². The van der Waals surface area contributed by atoms with Crippen molar-refractivity contribution in [2.24, 2.45) is 5.73 Å². The summed E-state index contributed by atoms with van der Waals surface area (Å²) in [6.45, 7) is 7.36. The lowest BCUT2D eigenvalue weighted by Crippen LogP contribution is -2.39. The molecule has 1 heterocycles. The zero-order valence-corrected chi connectivity index (χ0v) is 13.5. The normalized spacial score (nSPS) is 20.7. The molecule has 4 heteroatoms. The van der Waals surface area contributed by atoms with Crippen molar-refractivity contribution in [1.82, 2.24) is 4.90 Å². The van der Waals surface area contributed by atoms with E-state index in [-0.39, 0.29) is 11.9 Å². The second-order valence-electron chi connectivity index (χ2n) is 6.22. The highest BCUT2D eigenvalue weighted by Crippen LogP contribution is 2.26. The average molecular weight is 293 g/mol. The maximum Gasteiger partial charge on any atom is 0.128 e. The molecule has 0 aromatic heterocycles. The summed E-state index contributed by atoms with van der Waals surface area (Å²) in [6, 6.07) is 5.87. The fraction of sp³-hybridized carbons (Fsp3) is 0.647. The van der Waals surface area contributed by atoms with E-state index in [9.17, 15) is 4.39 Å². The number of likely N-dealkylation sites (tertiary alicyclic amines) is 1. The molecule has 3 nitrogen and oxygen atoms in total. The molecule has 0 spiro atoms. The predicted octanol–water partition coefficient (Wildman–Crippen LogP) is 2.64. The van der Waals surface area contributed by atoms with E-state index in [1.54, 1.807) is 6.07 Å². The third-order valence-corrected chi connectivity index (χ3v) is 4.42. The van der Waals surface area contributed by atoms with Crippen LogP contribution in [0.3, 0.4) is 0 Å². The van der Waals surface area contributed by atoms with Crippen LogP contribution in [0.15, 0.2) is 18.2 Å². The number of benzene rings is 1. The SMILES string of the molecule is CCN1CCCC1CN(C)c1cccc(F)c1CC(C)N. The van der Waals surface area contributed by atoms with Crippen molar-refractivity contribution in [3.8, 4) is 0 Å². The Bertz CT molecular complexity index is 461. The van der Waals surface area contributed by atoms with Gasteiger partial charge in [0, 0.05) is 36.9 Å². The van der Waals surface area contributed by atoms with Crippen LogP contribution in [0.5, 0.6) is 0 Å². The minimum absolute atomic E-state index is 0.0346. The van der Waals surface area contributed by atoms with Crippen LogP contribution in [0.1, 0.15) is 32.3 Å². The first kappa shape index (κ1) is 16.2. The summed E-state index contributed by atoms with van der Waals surface area (Å²) in [5.74, 6) is -0.143. The van der Waals surface area contributed by atoms with Gasteiger partial charge in [-0.05, 0) is 51.4 Å². The first-order valence-corrected chi connectivity index (χ1v) is 8.01. The summed E-state index contributed by atoms with van der Waals surface area (Å²) in [4.78, 5) is 4.71. The highest BCUT2D eigenvalue weighted by molar-refractivity contribution is 5.54. The van der Waals surface area contributed by atoms with Crippen molar-refractivity contribution in [2.45, 2.75) is 45.2 Å². The van der Waals surface area contributed by atoms with E-state index in [0.29, 0.717) is 12.5 Å². The Morgan fingerprint density at radius 2 is 2.24 bits per heavy atom. The Hall–Kier alpha value is -1.13. The van der Waals surface area contributed by atoms with Crippen molar-refractivity contribution in [3.05, 3.63) is 29.6 Å². The van der Waals surface area contributed by atoms with Gasteiger partial charge in [0.05, 0.1) is 0 Å². The Morgan fingerprint density at radius 3 is 2.90 bits per heavy atom. The van der Waals surface area contributed by atoms with Crippen LogP contribution in [0.25, 0.3) is 0 Å². The highest BCUT2D eigenvalue weighted by Gasteiger charge is 2.25. The molecule has 0 bridgehead atoms.